The van der Waals surface area contributed by atoms with Gasteiger partial charge in [0.25, 0.3) is 0 Å². The number of carbonyl (C=O) groups excluding carboxylic acids is 2. The fourth-order valence-electron chi connectivity index (χ4n) is 3.15. The van der Waals surface area contributed by atoms with Crippen LogP contribution in [-0.2, 0) is 20.7 Å². The van der Waals surface area contributed by atoms with Crippen LogP contribution in [0.1, 0.15) is 34.5 Å². The summed E-state index contributed by atoms with van der Waals surface area (Å²) in [4.78, 5) is 31.3. The quantitative estimate of drug-likeness (QED) is 0.460. The molecule has 0 spiro atoms. The van der Waals surface area contributed by atoms with Crippen LogP contribution in [0.3, 0.4) is 0 Å². The number of rotatable bonds is 9. The van der Waals surface area contributed by atoms with Crippen molar-refractivity contribution in [2.24, 2.45) is 0 Å². The summed E-state index contributed by atoms with van der Waals surface area (Å²) >= 11 is 1.76. The number of carbonyl (C=O) groups is 2. The topological polar surface area (TPSA) is 78.0 Å². The molecule has 1 saturated heterocycles. The van der Waals surface area contributed by atoms with E-state index in [0.29, 0.717) is 37.4 Å². The van der Waals surface area contributed by atoms with Gasteiger partial charge in [0, 0.05) is 24.0 Å². The smallest absolute Gasteiger partial charge is 0.339 e. The molecule has 0 aromatic carbocycles. The Morgan fingerprint density at radius 3 is 3.03 bits per heavy atom. The van der Waals surface area contributed by atoms with Gasteiger partial charge >= 0.3 is 5.97 Å². The standard InChI is InChI=1S/C21H26N2O5S/c1-26-21(25)16-11-17(13-22-12-16)28-15-18-14-23(8-9-27-18)20(24)7-3-2-5-19-6-4-10-29-19/h4,6,10-13,18H,2-3,5,7-9,14-15H2,1H3. The molecule has 29 heavy (non-hydrogen) atoms. The number of amides is 1. The van der Waals surface area contributed by atoms with Crippen LogP contribution in [0.2, 0.25) is 0 Å². The molecule has 0 radical (unpaired) electrons. The lowest BCUT2D eigenvalue weighted by molar-refractivity contribution is -0.140. The van der Waals surface area contributed by atoms with E-state index < -0.39 is 5.97 Å². The summed E-state index contributed by atoms with van der Waals surface area (Å²) in [5.74, 6) is 0.167. The van der Waals surface area contributed by atoms with E-state index >= 15 is 0 Å². The molecular weight excluding hydrogens is 392 g/mol. The predicted molar refractivity (Wildman–Crippen MR) is 109 cm³/mol. The van der Waals surface area contributed by atoms with Crippen LogP contribution < -0.4 is 4.74 Å². The molecule has 156 valence electrons. The van der Waals surface area contributed by atoms with Gasteiger partial charge in [-0.25, -0.2) is 4.79 Å². The number of morpholine rings is 1. The molecule has 8 heteroatoms. The van der Waals surface area contributed by atoms with Crippen molar-refractivity contribution in [1.82, 2.24) is 9.88 Å². The van der Waals surface area contributed by atoms with E-state index in [0.717, 1.165) is 19.3 Å². The number of ether oxygens (including phenoxy) is 3. The number of hydrogen-bond acceptors (Lipinski definition) is 7. The minimum Gasteiger partial charge on any atom is -0.489 e. The Kier molecular flexibility index (Phi) is 8.01. The van der Waals surface area contributed by atoms with E-state index in [1.54, 1.807) is 17.4 Å². The summed E-state index contributed by atoms with van der Waals surface area (Å²) < 4.78 is 16.1. The second-order valence-electron chi connectivity index (χ2n) is 6.83. The van der Waals surface area contributed by atoms with Gasteiger partial charge in [0.1, 0.15) is 18.5 Å². The average Bonchev–Trinajstić information content (AvgIpc) is 3.28. The Labute approximate surface area is 174 Å². The van der Waals surface area contributed by atoms with Crippen LogP contribution in [-0.4, -0.2) is 61.3 Å². The molecule has 0 aliphatic carbocycles. The van der Waals surface area contributed by atoms with E-state index in [9.17, 15) is 9.59 Å². The predicted octanol–water partition coefficient (Wildman–Crippen LogP) is 2.95. The fourth-order valence-corrected chi connectivity index (χ4v) is 3.90. The highest BCUT2D eigenvalue weighted by Gasteiger charge is 2.24. The summed E-state index contributed by atoms with van der Waals surface area (Å²) in [5.41, 5.74) is 0.328. The van der Waals surface area contributed by atoms with Crippen molar-refractivity contribution < 1.29 is 23.8 Å². The maximum absolute atomic E-state index is 12.5. The van der Waals surface area contributed by atoms with E-state index in [-0.39, 0.29) is 18.6 Å². The molecule has 3 rings (SSSR count). The molecule has 1 fully saturated rings. The Hall–Kier alpha value is -2.45. The molecular formula is C21H26N2O5S. The van der Waals surface area contributed by atoms with Crippen molar-refractivity contribution in [3.05, 3.63) is 46.4 Å². The van der Waals surface area contributed by atoms with Crippen LogP contribution >= 0.6 is 11.3 Å². The van der Waals surface area contributed by atoms with Gasteiger partial charge in [0.2, 0.25) is 5.91 Å². The number of unbranched alkanes of at least 4 members (excludes halogenated alkanes) is 1. The first kappa shape index (κ1) is 21.3. The number of methoxy groups -OCH3 is 1. The highest BCUT2D eigenvalue weighted by atomic mass is 32.1. The van der Waals surface area contributed by atoms with Crippen molar-refractivity contribution in [2.75, 3.05) is 33.4 Å². The summed E-state index contributed by atoms with van der Waals surface area (Å²) in [6, 6.07) is 5.77. The largest absolute Gasteiger partial charge is 0.489 e. The fraction of sp³-hybridized carbons (Fsp3) is 0.476. The maximum Gasteiger partial charge on any atom is 0.339 e. The third-order valence-corrected chi connectivity index (χ3v) is 5.64. The lowest BCUT2D eigenvalue weighted by Crippen LogP contribution is -2.47. The Bertz CT molecular complexity index is 796. The number of aryl methyl sites for hydroxylation is 1. The van der Waals surface area contributed by atoms with Gasteiger partial charge in [0.15, 0.2) is 0 Å². The molecule has 2 aromatic heterocycles. The molecule has 1 aliphatic rings. The maximum atomic E-state index is 12.5. The zero-order valence-electron chi connectivity index (χ0n) is 16.5. The number of pyridine rings is 1. The van der Waals surface area contributed by atoms with Gasteiger partial charge in [-0.05, 0) is 36.8 Å². The number of esters is 1. The van der Waals surface area contributed by atoms with Gasteiger partial charge in [-0.2, -0.15) is 0 Å². The van der Waals surface area contributed by atoms with Crippen LogP contribution in [0.5, 0.6) is 5.75 Å². The normalized spacial score (nSPS) is 16.4. The van der Waals surface area contributed by atoms with Crippen LogP contribution in [0.15, 0.2) is 36.0 Å². The van der Waals surface area contributed by atoms with E-state index in [1.807, 2.05) is 4.90 Å². The number of thiophene rings is 1. The van der Waals surface area contributed by atoms with Crippen LogP contribution in [0.4, 0.5) is 0 Å². The lowest BCUT2D eigenvalue weighted by atomic mass is 10.1. The number of nitrogens with zero attached hydrogens (tertiary/aromatic N) is 2. The summed E-state index contributed by atoms with van der Waals surface area (Å²) in [6.45, 7) is 1.90. The van der Waals surface area contributed by atoms with E-state index in [1.165, 1.54) is 24.4 Å². The first-order valence-corrected chi connectivity index (χ1v) is 10.6. The Balaban J connectivity index is 1.40. The average molecular weight is 419 g/mol. The molecule has 0 N–H and O–H groups in total. The molecule has 1 aliphatic heterocycles. The van der Waals surface area contributed by atoms with Crippen molar-refractivity contribution in [1.29, 1.82) is 0 Å². The third-order valence-electron chi connectivity index (χ3n) is 4.71. The SMILES string of the molecule is COC(=O)c1cncc(OCC2CN(C(=O)CCCCc3cccs3)CCO2)c1. The molecule has 3 heterocycles. The highest BCUT2D eigenvalue weighted by Crippen LogP contribution is 2.16. The molecule has 2 aromatic rings. The number of aromatic nitrogens is 1. The second-order valence-corrected chi connectivity index (χ2v) is 7.86. The van der Waals surface area contributed by atoms with Gasteiger partial charge in [-0.15, -0.1) is 11.3 Å². The van der Waals surface area contributed by atoms with Crippen LogP contribution in [0.25, 0.3) is 0 Å². The van der Waals surface area contributed by atoms with E-state index in [4.69, 9.17) is 9.47 Å². The van der Waals surface area contributed by atoms with Gasteiger partial charge in [0.05, 0.1) is 32.0 Å². The molecule has 1 unspecified atom stereocenters. The highest BCUT2D eigenvalue weighted by molar-refractivity contribution is 7.09. The Morgan fingerprint density at radius 2 is 2.24 bits per heavy atom. The molecule has 1 atom stereocenters. The van der Waals surface area contributed by atoms with Crippen molar-refractivity contribution in [2.45, 2.75) is 31.8 Å². The third kappa shape index (κ3) is 6.54. The van der Waals surface area contributed by atoms with Gasteiger partial charge in [-0.3, -0.25) is 9.78 Å². The first-order chi connectivity index (χ1) is 14.2. The van der Waals surface area contributed by atoms with Gasteiger partial charge < -0.3 is 19.1 Å². The minimum absolute atomic E-state index is 0.166. The summed E-state index contributed by atoms with van der Waals surface area (Å²) in [6.07, 6.45) is 6.25. The van der Waals surface area contributed by atoms with Crippen molar-refractivity contribution in [3.8, 4) is 5.75 Å². The van der Waals surface area contributed by atoms with E-state index in [2.05, 4.69) is 27.2 Å². The first-order valence-electron chi connectivity index (χ1n) is 9.73. The summed E-state index contributed by atoms with van der Waals surface area (Å²) in [5, 5.41) is 2.08. The zero-order chi connectivity index (χ0) is 20.5. The molecule has 0 saturated carbocycles. The summed E-state index contributed by atoms with van der Waals surface area (Å²) in [7, 11) is 1.32. The molecule has 7 nitrogen and oxygen atoms in total. The van der Waals surface area contributed by atoms with Gasteiger partial charge in [-0.1, -0.05) is 6.07 Å². The lowest BCUT2D eigenvalue weighted by Gasteiger charge is -2.33. The zero-order valence-corrected chi connectivity index (χ0v) is 17.4. The van der Waals surface area contributed by atoms with Crippen LogP contribution in [0, 0.1) is 0 Å². The number of hydrogen-bond donors (Lipinski definition) is 0. The van der Waals surface area contributed by atoms with Crippen molar-refractivity contribution in [3.63, 3.8) is 0 Å². The van der Waals surface area contributed by atoms with Crippen molar-refractivity contribution >= 4 is 23.2 Å². The minimum atomic E-state index is -0.465. The Morgan fingerprint density at radius 1 is 1.34 bits per heavy atom. The second kappa shape index (κ2) is 10.9. The monoisotopic (exact) mass is 418 g/mol. The molecule has 1 amide bonds. The molecule has 0 bridgehead atoms.